The Balaban J connectivity index is 0.00000370. The van der Waals surface area contributed by atoms with E-state index >= 15 is 0 Å². The van der Waals surface area contributed by atoms with Gasteiger partial charge in [-0.25, -0.2) is 0 Å². The van der Waals surface area contributed by atoms with Crippen LogP contribution in [0.5, 0.6) is 0 Å². The van der Waals surface area contributed by atoms with E-state index in [2.05, 4.69) is 22.5 Å². The molecule has 3 aliphatic heterocycles. The van der Waals surface area contributed by atoms with Gasteiger partial charge >= 0.3 is 0 Å². The van der Waals surface area contributed by atoms with E-state index in [1.54, 1.807) is 17.0 Å². The van der Waals surface area contributed by atoms with Gasteiger partial charge < -0.3 is 25.2 Å². The molecule has 40 heavy (non-hydrogen) atoms. The largest absolute Gasteiger partial charge is 0.359 e. The van der Waals surface area contributed by atoms with Gasteiger partial charge in [-0.2, -0.15) is 0 Å². The van der Waals surface area contributed by atoms with Crippen LogP contribution in [0.1, 0.15) is 57.4 Å². The lowest BCUT2D eigenvalue weighted by atomic mass is 9.74. The number of amides is 3. The van der Waals surface area contributed by atoms with Gasteiger partial charge in [0.25, 0.3) is 0 Å². The molecule has 5 atom stereocenters. The van der Waals surface area contributed by atoms with Crippen molar-refractivity contribution in [3.05, 3.63) is 40.9 Å². The first-order chi connectivity index (χ1) is 18.7. The molecule has 5 rings (SSSR count). The minimum absolute atomic E-state index is 0. The Morgan fingerprint density at radius 3 is 2.62 bits per heavy atom. The number of aryl methyl sites for hydroxylation is 1. The van der Waals surface area contributed by atoms with Crippen LogP contribution in [0.4, 0.5) is 5.69 Å². The SMILES string of the molecule is CCCCN(C)CCN1C(=O)[C@@H]2C(C(=O)Nc3ccc(C)c(Cl)c3)[C@@H]3C=CC2(O3)C1C(=O)NC1CCCCC1.Cl. The predicted molar refractivity (Wildman–Crippen MR) is 159 cm³/mol. The van der Waals surface area contributed by atoms with Gasteiger partial charge in [0, 0.05) is 29.8 Å². The zero-order valence-corrected chi connectivity index (χ0v) is 25.2. The fraction of sp³-hybridized carbons (Fsp3) is 0.633. The number of ether oxygens (including phenoxy) is 1. The number of hydrogen-bond acceptors (Lipinski definition) is 5. The molecule has 1 aliphatic carbocycles. The molecular weight excluding hydrogens is 551 g/mol. The van der Waals surface area contributed by atoms with E-state index < -0.39 is 29.6 Å². The second kappa shape index (κ2) is 12.8. The zero-order chi connectivity index (χ0) is 27.7. The molecule has 3 heterocycles. The van der Waals surface area contributed by atoms with Crippen LogP contribution in [0, 0.1) is 18.8 Å². The Bertz CT molecular complexity index is 1140. The number of rotatable bonds is 10. The van der Waals surface area contributed by atoms with Crippen LogP contribution >= 0.6 is 24.0 Å². The molecule has 2 bridgehead atoms. The first-order valence-corrected chi connectivity index (χ1v) is 14.9. The molecule has 8 nitrogen and oxygen atoms in total. The van der Waals surface area contributed by atoms with E-state index in [4.69, 9.17) is 16.3 Å². The van der Waals surface area contributed by atoms with Gasteiger partial charge in [0.15, 0.2) is 0 Å². The molecule has 2 N–H and O–H groups in total. The summed E-state index contributed by atoms with van der Waals surface area (Å²) in [6, 6.07) is 4.67. The number of nitrogens with zero attached hydrogens (tertiary/aromatic N) is 2. The van der Waals surface area contributed by atoms with E-state index in [0.29, 0.717) is 23.8 Å². The second-order valence-corrected chi connectivity index (χ2v) is 12.1. The van der Waals surface area contributed by atoms with Crippen LogP contribution in [0.2, 0.25) is 5.02 Å². The maximum absolute atomic E-state index is 14.1. The van der Waals surface area contributed by atoms with Crippen LogP contribution in [-0.4, -0.2) is 78.0 Å². The van der Waals surface area contributed by atoms with Gasteiger partial charge in [0.2, 0.25) is 17.7 Å². The molecule has 220 valence electrons. The van der Waals surface area contributed by atoms with Crippen molar-refractivity contribution in [3.63, 3.8) is 0 Å². The van der Waals surface area contributed by atoms with Gasteiger partial charge in [-0.15, -0.1) is 12.4 Å². The summed E-state index contributed by atoms with van der Waals surface area (Å²) in [5.74, 6) is -2.13. The summed E-state index contributed by atoms with van der Waals surface area (Å²) in [5.41, 5.74) is 0.343. The summed E-state index contributed by atoms with van der Waals surface area (Å²) in [6.07, 6.45) is 10.6. The maximum Gasteiger partial charge on any atom is 0.246 e. The highest BCUT2D eigenvalue weighted by atomic mass is 35.5. The second-order valence-electron chi connectivity index (χ2n) is 11.7. The molecule has 1 aromatic carbocycles. The fourth-order valence-corrected chi connectivity index (χ4v) is 6.93. The number of halogens is 2. The van der Waals surface area contributed by atoms with Crippen molar-refractivity contribution in [2.45, 2.75) is 82.6 Å². The first-order valence-electron chi connectivity index (χ1n) is 14.5. The predicted octanol–water partition coefficient (Wildman–Crippen LogP) is 4.34. The molecule has 4 aliphatic rings. The monoisotopic (exact) mass is 592 g/mol. The molecule has 3 amide bonds. The highest BCUT2D eigenvalue weighted by Crippen LogP contribution is 2.55. The Kier molecular flexibility index (Phi) is 9.87. The standard InChI is InChI=1S/C30H41ClN4O4.ClH/c1-4-5-15-34(3)16-17-35-26(28(37)32-20-9-7-6-8-10-20)30-14-13-23(39-30)24(25(30)29(35)38)27(36)33-21-12-11-19(2)22(31)18-21;/h11-14,18,20,23-26H,4-10,15-17H2,1-3H3,(H,32,37)(H,33,36);1H/t23-,24?,25-,26?,30?;/m0./s1. The Labute approximate surface area is 248 Å². The average Bonchev–Trinajstić information content (AvgIpc) is 3.56. The van der Waals surface area contributed by atoms with E-state index in [1.807, 2.05) is 32.2 Å². The number of nitrogens with one attached hydrogen (secondary N) is 2. The van der Waals surface area contributed by atoms with E-state index in [9.17, 15) is 14.4 Å². The van der Waals surface area contributed by atoms with E-state index in [1.165, 1.54) is 6.42 Å². The average molecular weight is 594 g/mol. The summed E-state index contributed by atoms with van der Waals surface area (Å²) in [4.78, 5) is 45.5. The normalized spacial score (nSPS) is 29.0. The topological polar surface area (TPSA) is 91.0 Å². The summed E-state index contributed by atoms with van der Waals surface area (Å²) in [6.45, 7) is 6.03. The van der Waals surface area contributed by atoms with Crippen molar-refractivity contribution in [1.82, 2.24) is 15.1 Å². The molecular formula is C30H42Cl2N4O4. The van der Waals surface area contributed by atoms with Gasteiger partial charge in [-0.1, -0.05) is 62.4 Å². The minimum Gasteiger partial charge on any atom is -0.359 e. The van der Waals surface area contributed by atoms with Gasteiger partial charge in [0.05, 0.1) is 17.9 Å². The number of fused-ring (bicyclic) bond motifs is 1. The van der Waals surface area contributed by atoms with Crippen LogP contribution in [0.25, 0.3) is 0 Å². The van der Waals surface area contributed by atoms with Crippen LogP contribution in [-0.2, 0) is 19.1 Å². The van der Waals surface area contributed by atoms with Crippen LogP contribution in [0.3, 0.4) is 0 Å². The smallest absolute Gasteiger partial charge is 0.246 e. The van der Waals surface area contributed by atoms with Crippen molar-refractivity contribution in [3.8, 4) is 0 Å². The maximum atomic E-state index is 14.1. The molecule has 10 heteroatoms. The minimum atomic E-state index is -1.14. The number of carbonyl (C=O) groups is 3. The lowest BCUT2D eigenvalue weighted by Gasteiger charge is -2.34. The highest BCUT2D eigenvalue weighted by Gasteiger charge is 2.72. The van der Waals surface area contributed by atoms with Crippen molar-refractivity contribution in [2.24, 2.45) is 11.8 Å². The van der Waals surface area contributed by atoms with Gasteiger partial charge in [-0.05, 0) is 57.5 Å². The van der Waals surface area contributed by atoms with Gasteiger partial charge in [0.1, 0.15) is 11.6 Å². The quantitative estimate of drug-likeness (QED) is 0.394. The van der Waals surface area contributed by atoms with Crippen molar-refractivity contribution < 1.29 is 19.1 Å². The number of unbranched alkanes of at least 4 members (excludes halogenated alkanes) is 1. The third-order valence-electron chi connectivity index (χ3n) is 8.93. The summed E-state index contributed by atoms with van der Waals surface area (Å²) in [7, 11) is 2.04. The lowest BCUT2D eigenvalue weighted by Crippen LogP contribution is -2.57. The number of hydrogen-bond donors (Lipinski definition) is 2. The molecule has 3 unspecified atom stereocenters. The molecule has 2 saturated heterocycles. The molecule has 0 radical (unpaired) electrons. The Morgan fingerprint density at radius 1 is 1.18 bits per heavy atom. The molecule has 1 saturated carbocycles. The van der Waals surface area contributed by atoms with Crippen molar-refractivity contribution >= 4 is 47.4 Å². The third kappa shape index (κ3) is 5.78. The number of anilines is 1. The van der Waals surface area contributed by atoms with Crippen LogP contribution in [0.15, 0.2) is 30.4 Å². The summed E-state index contributed by atoms with van der Waals surface area (Å²) >= 11 is 6.28. The number of carbonyl (C=O) groups excluding carboxylic acids is 3. The van der Waals surface area contributed by atoms with E-state index in [0.717, 1.165) is 50.6 Å². The Morgan fingerprint density at radius 2 is 1.93 bits per heavy atom. The molecule has 1 aromatic rings. The van der Waals surface area contributed by atoms with Crippen LogP contribution < -0.4 is 10.6 Å². The zero-order valence-electron chi connectivity index (χ0n) is 23.7. The number of likely N-dealkylation sites (tertiary alicyclic amines) is 1. The summed E-state index contributed by atoms with van der Waals surface area (Å²) in [5, 5.41) is 6.75. The van der Waals surface area contributed by atoms with Gasteiger partial charge in [-0.3, -0.25) is 14.4 Å². The first kappa shape index (κ1) is 30.8. The summed E-state index contributed by atoms with van der Waals surface area (Å²) < 4.78 is 6.46. The molecule has 0 aromatic heterocycles. The third-order valence-corrected chi connectivity index (χ3v) is 9.34. The van der Waals surface area contributed by atoms with Crippen molar-refractivity contribution in [2.75, 3.05) is 32.0 Å². The lowest BCUT2D eigenvalue weighted by molar-refractivity contribution is -0.141. The number of benzene rings is 1. The van der Waals surface area contributed by atoms with E-state index in [-0.39, 0.29) is 36.2 Å². The fourth-order valence-electron chi connectivity index (χ4n) is 6.75. The number of likely N-dealkylation sites (N-methyl/N-ethyl adjacent to an activating group) is 1. The molecule has 1 spiro atoms. The highest BCUT2D eigenvalue weighted by molar-refractivity contribution is 6.31. The molecule has 3 fully saturated rings. The Hall–Kier alpha value is -2.13. The van der Waals surface area contributed by atoms with Crippen molar-refractivity contribution in [1.29, 1.82) is 0 Å².